The van der Waals surface area contributed by atoms with Crippen LogP contribution in [0.4, 0.5) is 0 Å². The quantitative estimate of drug-likeness (QED) is 0.764. The number of hydrogen-bond donors (Lipinski definition) is 1. The van der Waals surface area contributed by atoms with Crippen LogP contribution in [0, 0.1) is 5.92 Å². The Morgan fingerprint density at radius 1 is 1.32 bits per heavy atom. The summed E-state index contributed by atoms with van der Waals surface area (Å²) in [5, 5.41) is 3.76. The zero-order valence-corrected chi connectivity index (χ0v) is 13.0. The number of hydrogen-bond acceptors (Lipinski definition) is 1. The second-order valence-electron chi connectivity index (χ2n) is 6.50. The van der Waals surface area contributed by atoms with E-state index < -0.39 is 0 Å². The van der Waals surface area contributed by atoms with Crippen LogP contribution in [0.3, 0.4) is 0 Å². The zero-order chi connectivity index (χ0) is 13.8. The van der Waals surface area contributed by atoms with Gasteiger partial charge in [-0.15, -0.1) is 0 Å². The van der Waals surface area contributed by atoms with Crippen LogP contribution in [0.1, 0.15) is 75.6 Å². The highest BCUT2D eigenvalue weighted by atomic mass is 14.9. The predicted molar refractivity (Wildman–Crippen MR) is 83.7 cm³/mol. The lowest BCUT2D eigenvalue weighted by molar-refractivity contribution is 0.408. The summed E-state index contributed by atoms with van der Waals surface area (Å²) in [6.07, 6.45) is 5.08. The van der Waals surface area contributed by atoms with Crippen molar-refractivity contribution in [3.63, 3.8) is 0 Å². The molecule has 19 heavy (non-hydrogen) atoms. The molecule has 106 valence electrons. The minimum Gasteiger partial charge on any atom is -0.310 e. The SMILES string of the molecule is CCCNC1CC(C)CCc2ccc(C(C)C)cc21. The fourth-order valence-corrected chi connectivity index (χ4v) is 3.09. The van der Waals surface area contributed by atoms with Crippen molar-refractivity contribution in [3.8, 4) is 0 Å². The molecule has 1 aromatic carbocycles. The van der Waals surface area contributed by atoms with Crippen LogP contribution in [-0.4, -0.2) is 6.54 Å². The van der Waals surface area contributed by atoms with Gasteiger partial charge in [-0.3, -0.25) is 0 Å². The van der Waals surface area contributed by atoms with Gasteiger partial charge < -0.3 is 5.32 Å². The normalized spacial score (nSPS) is 23.2. The number of aryl methyl sites for hydroxylation is 1. The Bertz CT molecular complexity index is 408. The molecule has 1 aliphatic rings. The van der Waals surface area contributed by atoms with Crippen molar-refractivity contribution in [1.29, 1.82) is 0 Å². The van der Waals surface area contributed by atoms with Crippen LogP contribution in [0.2, 0.25) is 0 Å². The minimum atomic E-state index is 0.561. The highest BCUT2D eigenvalue weighted by Gasteiger charge is 2.22. The topological polar surface area (TPSA) is 12.0 Å². The molecule has 1 aromatic rings. The van der Waals surface area contributed by atoms with E-state index in [9.17, 15) is 0 Å². The fourth-order valence-electron chi connectivity index (χ4n) is 3.09. The third kappa shape index (κ3) is 3.60. The maximum Gasteiger partial charge on any atom is 0.0325 e. The predicted octanol–water partition coefficient (Wildman–Crippen LogP) is 4.82. The molecule has 1 nitrogen and oxygen atoms in total. The number of rotatable bonds is 4. The first-order valence-corrected chi connectivity index (χ1v) is 7.98. The Hall–Kier alpha value is -0.820. The Morgan fingerprint density at radius 2 is 2.11 bits per heavy atom. The van der Waals surface area contributed by atoms with Gasteiger partial charge in [0.25, 0.3) is 0 Å². The summed E-state index contributed by atoms with van der Waals surface area (Å²) in [7, 11) is 0. The summed E-state index contributed by atoms with van der Waals surface area (Å²) in [6, 6.07) is 7.73. The second kappa shape index (κ2) is 6.56. The summed E-state index contributed by atoms with van der Waals surface area (Å²) in [6.45, 7) is 10.3. The third-order valence-electron chi connectivity index (χ3n) is 4.40. The fraction of sp³-hybridized carbons (Fsp3) is 0.667. The molecule has 0 spiro atoms. The van der Waals surface area contributed by atoms with Crippen LogP contribution in [0.25, 0.3) is 0 Å². The Morgan fingerprint density at radius 3 is 2.79 bits per heavy atom. The largest absolute Gasteiger partial charge is 0.310 e. The maximum absolute atomic E-state index is 3.76. The van der Waals surface area contributed by atoms with Crippen molar-refractivity contribution in [2.45, 2.75) is 65.3 Å². The van der Waals surface area contributed by atoms with Gasteiger partial charge >= 0.3 is 0 Å². The van der Waals surface area contributed by atoms with Gasteiger partial charge in [-0.05, 0) is 60.8 Å². The average molecular weight is 259 g/mol. The molecule has 0 fully saturated rings. The van der Waals surface area contributed by atoms with Crippen molar-refractivity contribution in [2.24, 2.45) is 5.92 Å². The van der Waals surface area contributed by atoms with Crippen LogP contribution in [-0.2, 0) is 6.42 Å². The number of fused-ring (bicyclic) bond motifs is 1. The van der Waals surface area contributed by atoms with Crippen molar-refractivity contribution in [1.82, 2.24) is 5.32 Å². The molecule has 0 heterocycles. The first kappa shape index (κ1) is 14.6. The molecular formula is C18H29N. The first-order valence-electron chi connectivity index (χ1n) is 7.98. The second-order valence-corrected chi connectivity index (χ2v) is 6.50. The summed E-state index contributed by atoms with van der Waals surface area (Å²) in [4.78, 5) is 0. The monoisotopic (exact) mass is 259 g/mol. The van der Waals surface area contributed by atoms with Crippen LogP contribution < -0.4 is 5.32 Å². The van der Waals surface area contributed by atoms with Crippen molar-refractivity contribution in [3.05, 3.63) is 34.9 Å². The van der Waals surface area contributed by atoms with E-state index in [1.54, 1.807) is 11.1 Å². The molecule has 2 rings (SSSR count). The van der Waals surface area contributed by atoms with Gasteiger partial charge in [0.15, 0.2) is 0 Å². The summed E-state index contributed by atoms with van der Waals surface area (Å²) in [5.41, 5.74) is 4.63. The number of benzene rings is 1. The maximum atomic E-state index is 3.76. The summed E-state index contributed by atoms with van der Waals surface area (Å²) >= 11 is 0. The van der Waals surface area contributed by atoms with Crippen LogP contribution in [0.15, 0.2) is 18.2 Å². The van der Waals surface area contributed by atoms with E-state index in [0.29, 0.717) is 12.0 Å². The van der Waals surface area contributed by atoms with Crippen molar-refractivity contribution < 1.29 is 0 Å². The van der Waals surface area contributed by atoms with E-state index in [0.717, 1.165) is 12.5 Å². The summed E-state index contributed by atoms with van der Waals surface area (Å²) in [5.74, 6) is 1.45. The van der Waals surface area contributed by atoms with Gasteiger partial charge in [0.1, 0.15) is 0 Å². The van der Waals surface area contributed by atoms with Crippen LogP contribution >= 0.6 is 0 Å². The molecule has 2 unspecified atom stereocenters. The van der Waals surface area contributed by atoms with E-state index in [4.69, 9.17) is 0 Å². The van der Waals surface area contributed by atoms with Gasteiger partial charge in [-0.2, -0.15) is 0 Å². The van der Waals surface area contributed by atoms with E-state index in [-0.39, 0.29) is 0 Å². The van der Waals surface area contributed by atoms with E-state index in [1.807, 2.05) is 0 Å². The summed E-state index contributed by atoms with van der Waals surface area (Å²) < 4.78 is 0. The molecule has 0 aliphatic heterocycles. The Balaban J connectivity index is 2.31. The average Bonchev–Trinajstić information content (AvgIpc) is 2.55. The molecule has 0 radical (unpaired) electrons. The lowest BCUT2D eigenvalue weighted by Gasteiger charge is -2.22. The van der Waals surface area contributed by atoms with E-state index in [2.05, 4.69) is 51.2 Å². The van der Waals surface area contributed by atoms with E-state index in [1.165, 1.54) is 31.2 Å². The highest BCUT2D eigenvalue weighted by Crippen LogP contribution is 2.33. The van der Waals surface area contributed by atoms with Gasteiger partial charge in [0.05, 0.1) is 0 Å². The molecule has 0 bridgehead atoms. The molecule has 0 saturated heterocycles. The minimum absolute atomic E-state index is 0.561. The Kier molecular flexibility index (Phi) is 5.04. The standard InChI is InChI=1S/C18H29N/c1-5-10-19-18-11-14(4)6-7-15-8-9-16(13(2)3)12-17(15)18/h8-9,12-14,18-19H,5-7,10-11H2,1-4H3. The molecular weight excluding hydrogens is 230 g/mol. The molecule has 1 heteroatoms. The Labute approximate surface area is 118 Å². The third-order valence-corrected chi connectivity index (χ3v) is 4.40. The molecule has 0 amide bonds. The smallest absolute Gasteiger partial charge is 0.0325 e. The van der Waals surface area contributed by atoms with E-state index >= 15 is 0 Å². The van der Waals surface area contributed by atoms with Gasteiger partial charge in [0.2, 0.25) is 0 Å². The molecule has 0 aromatic heterocycles. The van der Waals surface area contributed by atoms with Gasteiger partial charge in [-0.25, -0.2) is 0 Å². The van der Waals surface area contributed by atoms with Crippen molar-refractivity contribution >= 4 is 0 Å². The van der Waals surface area contributed by atoms with Gasteiger partial charge in [-0.1, -0.05) is 45.9 Å². The van der Waals surface area contributed by atoms with Crippen molar-refractivity contribution in [2.75, 3.05) is 6.54 Å². The molecule has 2 atom stereocenters. The van der Waals surface area contributed by atoms with Crippen LogP contribution in [0.5, 0.6) is 0 Å². The number of nitrogens with one attached hydrogen (secondary N) is 1. The molecule has 1 N–H and O–H groups in total. The lowest BCUT2D eigenvalue weighted by Crippen LogP contribution is -2.23. The molecule has 0 saturated carbocycles. The van der Waals surface area contributed by atoms with Gasteiger partial charge in [0, 0.05) is 6.04 Å². The highest BCUT2D eigenvalue weighted by molar-refractivity contribution is 5.36. The molecule has 1 aliphatic carbocycles. The first-order chi connectivity index (χ1) is 9.11. The lowest BCUT2D eigenvalue weighted by atomic mass is 9.92. The zero-order valence-electron chi connectivity index (χ0n) is 13.0.